The molecular formula is C20H21N3O4. The first-order valence-corrected chi connectivity index (χ1v) is 8.50. The van der Waals surface area contributed by atoms with Crippen LogP contribution >= 0.6 is 0 Å². The van der Waals surface area contributed by atoms with E-state index < -0.39 is 6.04 Å². The topological polar surface area (TPSA) is 82.5 Å². The van der Waals surface area contributed by atoms with Crippen LogP contribution in [0, 0.1) is 0 Å². The van der Waals surface area contributed by atoms with E-state index in [1.54, 1.807) is 35.9 Å². The summed E-state index contributed by atoms with van der Waals surface area (Å²) in [4.78, 5) is 29.0. The number of carbonyl (C=O) groups is 2. The van der Waals surface area contributed by atoms with Crippen LogP contribution in [-0.4, -0.2) is 35.6 Å². The van der Waals surface area contributed by atoms with Gasteiger partial charge in [0.1, 0.15) is 18.1 Å². The third kappa shape index (κ3) is 3.92. The molecule has 0 bridgehead atoms. The maximum Gasteiger partial charge on any atom is 0.325 e. The molecule has 7 heteroatoms. The van der Waals surface area contributed by atoms with Crippen molar-refractivity contribution in [2.45, 2.75) is 19.5 Å². The van der Waals surface area contributed by atoms with Gasteiger partial charge in [-0.1, -0.05) is 18.2 Å². The van der Waals surface area contributed by atoms with E-state index in [-0.39, 0.29) is 18.4 Å². The summed E-state index contributed by atoms with van der Waals surface area (Å²) >= 11 is 0. The van der Waals surface area contributed by atoms with E-state index in [0.29, 0.717) is 17.1 Å². The summed E-state index contributed by atoms with van der Waals surface area (Å²) in [6.07, 6.45) is 0. The summed E-state index contributed by atoms with van der Waals surface area (Å²) in [6, 6.07) is 14.0. The van der Waals surface area contributed by atoms with Gasteiger partial charge in [0, 0.05) is 5.56 Å². The molecule has 1 heterocycles. The maximum absolute atomic E-state index is 12.6. The molecule has 140 valence electrons. The van der Waals surface area contributed by atoms with Crippen molar-refractivity contribution >= 4 is 22.9 Å². The molecule has 0 aliphatic rings. The van der Waals surface area contributed by atoms with Crippen LogP contribution in [0.25, 0.3) is 11.0 Å². The number of nitrogens with zero attached hydrogens (tertiary/aromatic N) is 2. The van der Waals surface area contributed by atoms with Gasteiger partial charge in [0.2, 0.25) is 0 Å². The number of hydrogen-bond donors (Lipinski definition) is 1. The average molecular weight is 367 g/mol. The van der Waals surface area contributed by atoms with Gasteiger partial charge < -0.3 is 19.4 Å². The Morgan fingerprint density at radius 3 is 2.67 bits per heavy atom. The molecule has 0 aliphatic carbocycles. The van der Waals surface area contributed by atoms with E-state index in [1.807, 2.05) is 31.2 Å². The summed E-state index contributed by atoms with van der Waals surface area (Å²) in [5.74, 6) is 0.551. The Balaban J connectivity index is 1.90. The normalized spacial score (nSPS) is 11.8. The lowest BCUT2D eigenvalue weighted by atomic mass is 10.2. The van der Waals surface area contributed by atoms with Gasteiger partial charge in [-0.2, -0.15) is 0 Å². The molecule has 0 saturated carbocycles. The molecule has 0 radical (unpaired) electrons. The van der Waals surface area contributed by atoms with Crippen LogP contribution in [0.2, 0.25) is 0 Å². The second-order valence-electron chi connectivity index (χ2n) is 6.05. The Labute approximate surface area is 156 Å². The van der Waals surface area contributed by atoms with Crippen molar-refractivity contribution in [3.63, 3.8) is 0 Å². The molecule has 0 aliphatic heterocycles. The molecule has 3 rings (SSSR count). The van der Waals surface area contributed by atoms with Crippen molar-refractivity contribution in [1.29, 1.82) is 0 Å². The molecule has 1 N–H and O–H groups in total. The third-order valence-electron chi connectivity index (χ3n) is 4.27. The molecular weight excluding hydrogens is 346 g/mol. The molecule has 0 saturated heterocycles. The first-order valence-electron chi connectivity index (χ1n) is 8.50. The van der Waals surface area contributed by atoms with Crippen LogP contribution in [-0.2, 0) is 16.1 Å². The van der Waals surface area contributed by atoms with Gasteiger partial charge in [-0.25, -0.2) is 4.98 Å². The number of aromatic nitrogens is 2. The quantitative estimate of drug-likeness (QED) is 0.678. The minimum Gasteiger partial charge on any atom is -0.497 e. The lowest BCUT2D eigenvalue weighted by molar-refractivity contribution is -0.141. The van der Waals surface area contributed by atoms with Crippen molar-refractivity contribution in [3.05, 3.63) is 59.9 Å². The van der Waals surface area contributed by atoms with E-state index in [1.165, 1.54) is 7.11 Å². The second kappa shape index (κ2) is 7.90. The Morgan fingerprint density at radius 2 is 1.93 bits per heavy atom. The van der Waals surface area contributed by atoms with Gasteiger partial charge >= 0.3 is 5.97 Å². The highest BCUT2D eigenvalue weighted by atomic mass is 16.5. The number of benzene rings is 2. The van der Waals surface area contributed by atoms with E-state index >= 15 is 0 Å². The van der Waals surface area contributed by atoms with E-state index in [4.69, 9.17) is 9.47 Å². The maximum atomic E-state index is 12.6. The number of nitrogens with one attached hydrogen (secondary N) is 1. The van der Waals surface area contributed by atoms with Crippen LogP contribution in [0.5, 0.6) is 5.75 Å². The van der Waals surface area contributed by atoms with Crippen LogP contribution in [0.1, 0.15) is 29.1 Å². The molecule has 1 unspecified atom stereocenters. The van der Waals surface area contributed by atoms with Crippen molar-refractivity contribution in [1.82, 2.24) is 14.9 Å². The summed E-state index contributed by atoms with van der Waals surface area (Å²) in [5, 5.41) is 2.93. The first-order chi connectivity index (χ1) is 13.0. The van der Waals surface area contributed by atoms with Crippen molar-refractivity contribution in [2.24, 2.45) is 0 Å². The van der Waals surface area contributed by atoms with Crippen LogP contribution in [0.3, 0.4) is 0 Å². The summed E-state index contributed by atoms with van der Waals surface area (Å²) in [7, 11) is 2.89. The number of rotatable bonds is 6. The predicted molar refractivity (Wildman–Crippen MR) is 101 cm³/mol. The first kappa shape index (κ1) is 18.4. The van der Waals surface area contributed by atoms with E-state index in [9.17, 15) is 9.59 Å². The molecule has 1 aromatic heterocycles. The SMILES string of the molecule is COC(=O)Cn1c(C(C)NC(=O)c2cccc(OC)c2)nc2ccccc21. The fourth-order valence-corrected chi connectivity index (χ4v) is 2.89. The molecule has 0 fully saturated rings. The minimum absolute atomic E-state index is 0.0196. The molecule has 0 spiro atoms. The molecule has 1 amide bonds. The molecule has 27 heavy (non-hydrogen) atoms. The molecule has 7 nitrogen and oxygen atoms in total. The average Bonchev–Trinajstić information content (AvgIpc) is 3.06. The zero-order chi connectivity index (χ0) is 19.4. The molecule has 3 aromatic rings. The Hall–Kier alpha value is -3.35. The lowest BCUT2D eigenvalue weighted by Crippen LogP contribution is -2.29. The number of amides is 1. The zero-order valence-electron chi connectivity index (χ0n) is 15.4. The van der Waals surface area contributed by atoms with Crippen LogP contribution in [0.4, 0.5) is 0 Å². The number of esters is 1. The minimum atomic E-state index is -0.416. The van der Waals surface area contributed by atoms with Gasteiger partial charge in [-0.3, -0.25) is 9.59 Å². The summed E-state index contributed by atoms with van der Waals surface area (Å²) < 4.78 is 11.7. The number of hydrogen-bond acceptors (Lipinski definition) is 5. The Bertz CT molecular complexity index is 980. The largest absolute Gasteiger partial charge is 0.497 e. The van der Waals surface area contributed by atoms with Crippen molar-refractivity contribution < 1.29 is 19.1 Å². The molecule has 2 aromatic carbocycles. The van der Waals surface area contributed by atoms with Gasteiger partial charge in [0.05, 0.1) is 31.3 Å². The Kier molecular flexibility index (Phi) is 5.40. The number of para-hydroxylation sites is 2. The Morgan fingerprint density at radius 1 is 1.15 bits per heavy atom. The second-order valence-corrected chi connectivity index (χ2v) is 6.05. The smallest absolute Gasteiger partial charge is 0.325 e. The van der Waals surface area contributed by atoms with E-state index in [0.717, 1.165) is 11.0 Å². The number of fused-ring (bicyclic) bond motifs is 1. The standard InChI is InChI=1S/C20H21N3O4/c1-13(21-20(25)14-7-6-8-15(11-14)26-2)19-22-16-9-4-5-10-17(16)23(19)12-18(24)27-3/h4-11,13H,12H2,1-3H3,(H,21,25). The summed E-state index contributed by atoms with van der Waals surface area (Å²) in [6.45, 7) is 1.85. The highest BCUT2D eigenvalue weighted by molar-refractivity contribution is 5.94. The summed E-state index contributed by atoms with van der Waals surface area (Å²) in [5.41, 5.74) is 2.04. The number of imidazole rings is 1. The predicted octanol–water partition coefficient (Wildman–Crippen LogP) is 2.71. The van der Waals surface area contributed by atoms with Gasteiger partial charge in [0.25, 0.3) is 5.91 Å². The van der Waals surface area contributed by atoms with Crippen molar-refractivity contribution in [2.75, 3.05) is 14.2 Å². The van der Waals surface area contributed by atoms with Crippen molar-refractivity contribution in [3.8, 4) is 5.75 Å². The third-order valence-corrected chi connectivity index (χ3v) is 4.27. The lowest BCUT2D eigenvalue weighted by Gasteiger charge is -2.16. The monoisotopic (exact) mass is 367 g/mol. The fourth-order valence-electron chi connectivity index (χ4n) is 2.89. The molecule has 1 atom stereocenters. The zero-order valence-corrected chi connectivity index (χ0v) is 15.4. The van der Waals surface area contributed by atoms with Crippen LogP contribution < -0.4 is 10.1 Å². The highest BCUT2D eigenvalue weighted by Gasteiger charge is 2.20. The van der Waals surface area contributed by atoms with Gasteiger partial charge in [0.15, 0.2) is 0 Å². The number of methoxy groups -OCH3 is 2. The van der Waals surface area contributed by atoms with E-state index in [2.05, 4.69) is 10.3 Å². The fraction of sp³-hybridized carbons (Fsp3) is 0.250. The highest BCUT2D eigenvalue weighted by Crippen LogP contribution is 2.22. The van der Waals surface area contributed by atoms with Gasteiger partial charge in [-0.05, 0) is 37.3 Å². The van der Waals surface area contributed by atoms with Gasteiger partial charge in [-0.15, -0.1) is 0 Å². The number of carbonyl (C=O) groups excluding carboxylic acids is 2. The number of ether oxygens (including phenoxy) is 2. The van der Waals surface area contributed by atoms with Crippen LogP contribution in [0.15, 0.2) is 48.5 Å².